The average Bonchev–Trinajstić information content (AvgIpc) is 2.96. The zero-order chi connectivity index (χ0) is 29.1. The molecule has 1 aliphatic rings. The summed E-state index contributed by atoms with van der Waals surface area (Å²) in [6.07, 6.45) is 6.20. The van der Waals surface area contributed by atoms with Gasteiger partial charge in [0, 0.05) is 29.7 Å². The molecule has 2 N–H and O–H groups in total. The molecule has 0 unspecified atom stereocenters. The second kappa shape index (κ2) is 12.1. The molecule has 4 aromatic rings. The van der Waals surface area contributed by atoms with E-state index in [-0.39, 0.29) is 27.1 Å². The molecule has 2 heterocycles. The van der Waals surface area contributed by atoms with Gasteiger partial charge in [-0.1, -0.05) is 23.7 Å². The Labute approximate surface area is 244 Å². The maximum Gasteiger partial charge on any atom is 0.264 e. The van der Waals surface area contributed by atoms with Crippen molar-refractivity contribution in [2.45, 2.75) is 36.6 Å². The summed E-state index contributed by atoms with van der Waals surface area (Å²) in [5.74, 6) is 0.565. The molecule has 0 radical (unpaired) electrons. The van der Waals surface area contributed by atoms with Crippen LogP contribution in [-0.4, -0.2) is 62.1 Å². The molecule has 1 saturated carbocycles. The van der Waals surface area contributed by atoms with Crippen molar-refractivity contribution in [3.05, 3.63) is 65.6 Å². The molecular formula is C29H32ClFN6O3S. The molecule has 2 aromatic heterocycles. The first kappa shape index (κ1) is 29.0. The van der Waals surface area contributed by atoms with Crippen LogP contribution in [0.5, 0.6) is 5.88 Å². The summed E-state index contributed by atoms with van der Waals surface area (Å²) in [5, 5.41) is 3.89. The highest BCUT2D eigenvalue weighted by molar-refractivity contribution is 7.92. The largest absolute Gasteiger partial charge is 0.480 e. The summed E-state index contributed by atoms with van der Waals surface area (Å²) in [5.41, 5.74) is 1.17. The third-order valence-corrected chi connectivity index (χ3v) is 9.32. The quantitative estimate of drug-likeness (QED) is 0.248. The highest BCUT2D eigenvalue weighted by atomic mass is 35.5. The summed E-state index contributed by atoms with van der Waals surface area (Å²) in [4.78, 5) is 15.3. The fourth-order valence-corrected chi connectivity index (χ4v) is 6.69. The van der Waals surface area contributed by atoms with Gasteiger partial charge in [0.05, 0.1) is 12.1 Å². The van der Waals surface area contributed by atoms with Crippen molar-refractivity contribution in [1.29, 1.82) is 0 Å². The van der Waals surface area contributed by atoms with Crippen LogP contribution in [0.25, 0.3) is 22.0 Å². The number of nitrogens with one attached hydrogen (secondary N) is 2. The number of methoxy groups -OCH3 is 1. The minimum atomic E-state index is -3.99. The minimum Gasteiger partial charge on any atom is -0.480 e. The highest BCUT2D eigenvalue weighted by Crippen LogP contribution is 2.34. The summed E-state index contributed by atoms with van der Waals surface area (Å²) in [6, 6.07) is 12.9. The van der Waals surface area contributed by atoms with E-state index in [1.807, 2.05) is 0 Å². The van der Waals surface area contributed by atoms with Gasteiger partial charge in [0.1, 0.15) is 22.0 Å². The molecule has 1 aliphatic carbocycles. The van der Waals surface area contributed by atoms with Crippen LogP contribution in [0.3, 0.4) is 0 Å². The first-order valence-electron chi connectivity index (χ1n) is 13.3. The Morgan fingerprint density at radius 1 is 1.07 bits per heavy atom. The zero-order valence-corrected chi connectivity index (χ0v) is 24.6. The predicted octanol–water partition coefficient (Wildman–Crippen LogP) is 5.83. The van der Waals surface area contributed by atoms with E-state index in [9.17, 15) is 8.42 Å². The Morgan fingerprint density at radius 2 is 1.83 bits per heavy atom. The number of nitrogens with zero attached hydrogens (tertiary/aromatic N) is 4. The van der Waals surface area contributed by atoms with Crippen LogP contribution in [0.15, 0.2) is 59.6 Å². The maximum absolute atomic E-state index is 15.3. The van der Waals surface area contributed by atoms with Gasteiger partial charge in [-0.25, -0.2) is 22.8 Å². The van der Waals surface area contributed by atoms with Crippen LogP contribution in [-0.2, 0) is 10.0 Å². The number of hydrogen-bond donors (Lipinski definition) is 2. The fraction of sp³-hybridized carbons (Fsp3) is 0.345. The van der Waals surface area contributed by atoms with Gasteiger partial charge < -0.3 is 15.0 Å². The lowest BCUT2D eigenvalue weighted by Gasteiger charge is -2.32. The Balaban J connectivity index is 1.33. The molecule has 0 spiro atoms. The molecule has 9 nitrogen and oxygen atoms in total. The van der Waals surface area contributed by atoms with Gasteiger partial charge in [-0.3, -0.25) is 4.72 Å². The second-order valence-electron chi connectivity index (χ2n) is 10.4. The van der Waals surface area contributed by atoms with Crippen LogP contribution in [0.2, 0.25) is 5.02 Å². The van der Waals surface area contributed by atoms with E-state index in [0.717, 1.165) is 19.4 Å². The number of ether oxygens (including phenoxy) is 1. The van der Waals surface area contributed by atoms with Crippen LogP contribution in [0.4, 0.5) is 16.2 Å². The van der Waals surface area contributed by atoms with Crippen molar-refractivity contribution < 1.29 is 17.5 Å². The maximum atomic E-state index is 15.3. The van der Waals surface area contributed by atoms with E-state index in [1.54, 1.807) is 30.5 Å². The summed E-state index contributed by atoms with van der Waals surface area (Å²) >= 11 is 6.06. The first-order chi connectivity index (χ1) is 19.6. The second-order valence-corrected chi connectivity index (χ2v) is 12.5. The van der Waals surface area contributed by atoms with Crippen molar-refractivity contribution in [2.24, 2.45) is 5.92 Å². The number of benzene rings is 2. The van der Waals surface area contributed by atoms with Gasteiger partial charge in [0.2, 0.25) is 11.8 Å². The molecule has 0 amide bonds. The third kappa shape index (κ3) is 6.52. The molecule has 5 rings (SSSR count). The molecule has 216 valence electrons. The molecular weight excluding hydrogens is 567 g/mol. The number of fused-ring (bicyclic) bond motifs is 1. The lowest BCUT2D eigenvalue weighted by molar-refractivity contribution is 0.198. The van der Waals surface area contributed by atoms with Crippen molar-refractivity contribution in [3.63, 3.8) is 0 Å². The van der Waals surface area contributed by atoms with Crippen LogP contribution in [0, 0.1) is 11.7 Å². The Morgan fingerprint density at radius 3 is 2.54 bits per heavy atom. The normalized spacial score (nSPS) is 17.5. The number of pyridine rings is 1. The zero-order valence-electron chi connectivity index (χ0n) is 23.1. The van der Waals surface area contributed by atoms with E-state index in [1.165, 1.54) is 44.2 Å². The third-order valence-electron chi connectivity index (χ3n) is 7.46. The smallest absolute Gasteiger partial charge is 0.264 e. The number of rotatable bonds is 9. The monoisotopic (exact) mass is 598 g/mol. The summed E-state index contributed by atoms with van der Waals surface area (Å²) < 4.78 is 48.8. The number of anilines is 2. The van der Waals surface area contributed by atoms with E-state index in [4.69, 9.17) is 16.3 Å². The Hall–Kier alpha value is -3.54. The van der Waals surface area contributed by atoms with Gasteiger partial charge in [-0.15, -0.1) is 0 Å². The predicted molar refractivity (Wildman–Crippen MR) is 159 cm³/mol. The summed E-state index contributed by atoms with van der Waals surface area (Å²) in [7, 11) is 1.67. The SMILES string of the molecule is COc1nc(NS(=O)(=O)c2ccccc2Cl)ccc1-c1cc(F)c2nc(NCC3CCC(N(C)C)CC3)ncc2c1. The molecule has 41 heavy (non-hydrogen) atoms. The van der Waals surface area contributed by atoms with Crippen molar-refractivity contribution in [2.75, 3.05) is 37.8 Å². The Bertz CT molecular complexity index is 1660. The molecule has 12 heteroatoms. The lowest BCUT2D eigenvalue weighted by atomic mass is 9.85. The van der Waals surface area contributed by atoms with Crippen molar-refractivity contribution in [1.82, 2.24) is 19.9 Å². The standard InChI is InChI=1S/C29H32ClFN6O3S/c1-37(2)21-10-8-18(9-11-21)16-32-29-33-17-20-14-19(15-24(31)27(20)35-29)22-12-13-26(34-28(22)40-3)36-41(38,39)25-7-5-4-6-23(25)30/h4-7,12-15,17-18,21H,8-11,16H2,1-3H3,(H,34,36)(H,32,33,35). The van der Waals surface area contributed by atoms with Crippen LogP contribution >= 0.6 is 11.6 Å². The Kier molecular flexibility index (Phi) is 8.58. The van der Waals surface area contributed by atoms with E-state index >= 15 is 4.39 Å². The van der Waals surface area contributed by atoms with E-state index < -0.39 is 15.8 Å². The highest BCUT2D eigenvalue weighted by Gasteiger charge is 2.23. The molecule has 0 saturated heterocycles. The molecule has 0 bridgehead atoms. The minimum absolute atomic E-state index is 0.0287. The van der Waals surface area contributed by atoms with Crippen molar-refractivity contribution >= 4 is 44.3 Å². The number of halogens is 2. The van der Waals surface area contributed by atoms with Gasteiger partial charge in [-0.05, 0) is 87.7 Å². The molecule has 0 atom stereocenters. The molecule has 2 aromatic carbocycles. The summed E-state index contributed by atoms with van der Waals surface area (Å²) in [6.45, 7) is 0.751. The van der Waals surface area contributed by atoms with Gasteiger partial charge >= 0.3 is 0 Å². The average molecular weight is 599 g/mol. The fourth-order valence-electron chi connectivity index (χ4n) is 5.17. The van der Waals surface area contributed by atoms with Gasteiger partial charge in [-0.2, -0.15) is 4.98 Å². The van der Waals surface area contributed by atoms with Gasteiger partial charge in [0.15, 0.2) is 0 Å². The van der Waals surface area contributed by atoms with E-state index in [0.29, 0.717) is 34.4 Å². The van der Waals surface area contributed by atoms with E-state index in [2.05, 4.69) is 44.0 Å². The van der Waals surface area contributed by atoms with Crippen molar-refractivity contribution in [3.8, 4) is 17.0 Å². The van der Waals surface area contributed by atoms with Gasteiger partial charge in [0.25, 0.3) is 10.0 Å². The number of aromatic nitrogens is 3. The van der Waals surface area contributed by atoms with Crippen LogP contribution < -0.4 is 14.8 Å². The molecule has 0 aliphatic heterocycles. The first-order valence-corrected chi connectivity index (χ1v) is 15.2. The topological polar surface area (TPSA) is 109 Å². The number of sulfonamides is 1. The molecule has 1 fully saturated rings. The lowest BCUT2D eigenvalue weighted by Crippen LogP contribution is -2.33. The number of hydrogen-bond acceptors (Lipinski definition) is 8. The van der Waals surface area contributed by atoms with Crippen LogP contribution in [0.1, 0.15) is 25.7 Å².